The summed E-state index contributed by atoms with van der Waals surface area (Å²) in [6.45, 7) is 2.06. The van der Waals surface area contributed by atoms with E-state index >= 15 is 0 Å². The normalized spacial score (nSPS) is 16.0. The molecule has 0 radical (unpaired) electrons. The summed E-state index contributed by atoms with van der Waals surface area (Å²) in [5, 5.41) is 3.01. The van der Waals surface area contributed by atoms with E-state index < -0.39 is 15.8 Å². The highest BCUT2D eigenvalue weighted by Gasteiger charge is 2.29. The standard InChI is InChI=1S/C19H20Cl2FN3O3S/c20-15-3-1-2-4-18(15)23-19(26)7-8-24-9-11-25(12-10-24)29(27,28)14-5-6-17(22)16(21)13-14/h1-6,13H,7-12H2,(H,23,26). The van der Waals surface area contributed by atoms with E-state index in [1.54, 1.807) is 24.3 Å². The molecular formula is C19H20Cl2FN3O3S. The first kappa shape index (κ1) is 22.0. The molecule has 0 atom stereocenters. The molecule has 3 rings (SSSR count). The Hall–Kier alpha value is -1.71. The van der Waals surface area contributed by atoms with Crippen molar-refractivity contribution in [1.29, 1.82) is 0 Å². The minimum atomic E-state index is -3.74. The molecule has 2 aromatic rings. The fourth-order valence-electron chi connectivity index (χ4n) is 3.01. The van der Waals surface area contributed by atoms with Crippen molar-refractivity contribution in [3.05, 3.63) is 58.3 Å². The van der Waals surface area contributed by atoms with Gasteiger partial charge in [0.2, 0.25) is 15.9 Å². The van der Waals surface area contributed by atoms with E-state index in [2.05, 4.69) is 5.32 Å². The van der Waals surface area contributed by atoms with Crippen molar-refractivity contribution in [1.82, 2.24) is 9.21 Å². The van der Waals surface area contributed by atoms with Gasteiger partial charge in [0.1, 0.15) is 5.82 Å². The lowest BCUT2D eigenvalue weighted by Gasteiger charge is -2.33. The number of halogens is 3. The van der Waals surface area contributed by atoms with E-state index in [1.165, 1.54) is 10.4 Å². The second-order valence-corrected chi connectivity index (χ2v) is 9.35. The van der Waals surface area contributed by atoms with Crippen molar-refractivity contribution in [2.24, 2.45) is 0 Å². The first-order chi connectivity index (χ1) is 13.8. The molecule has 1 fully saturated rings. The first-order valence-electron chi connectivity index (χ1n) is 8.99. The molecule has 1 heterocycles. The zero-order valence-corrected chi connectivity index (χ0v) is 17.8. The maximum absolute atomic E-state index is 13.3. The summed E-state index contributed by atoms with van der Waals surface area (Å²) >= 11 is 11.7. The molecule has 1 amide bonds. The summed E-state index contributed by atoms with van der Waals surface area (Å²) in [4.78, 5) is 14.1. The van der Waals surface area contributed by atoms with E-state index in [0.717, 1.165) is 12.1 Å². The Labute approximate surface area is 179 Å². The van der Waals surface area contributed by atoms with Crippen LogP contribution in [0.3, 0.4) is 0 Å². The maximum Gasteiger partial charge on any atom is 0.243 e. The molecule has 2 aromatic carbocycles. The Morgan fingerprint density at radius 1 is 1.03 bits per heavy atom. The van der Waals surface area contributed by atoms with E-state index in [-0.39, 0.29) is 35.3 Å². The number of carbonyl (C=O) groups excluding carboxylic acids is 1. The predicted octanol–water partition coefficient (Wildman–Crippen LogP) is 3.47. The molecule has 156 valence electrons. The van der Waals surface area contributed by atoms with Crippen LogP contribution in [0, 0.1) is 5.82 Å². The van der Waals surface area contributed by atoms with Gasteiger partial charge in [0.05, 0.1) is 20.6 Å². The average molecular weight is 460 g/mol. The quantitative estimate of drug-likeness (QED) is 0.717. The lowest BCUT2D eigenvalue weighted by molar-refractivity contribution is -0.116. The molecule has 0 unspecified atom stereocenters. The van der Waals surface area contributed by atoms with Crippen LogP contribution in [0.5, 0.6) is 0 Å². The van der Waals surface area contributed by atoms with Gasteiger partial charge in [-0.15, -0.1) is 0 Å². The van der Waals surface area contributed by atoms with Crippen molar-refractivity contribution >= 4 is 44.8 Å². The van der Waals surface area contributed by atoms with Gasteiger partial charge < -0.3 is 10.2 Å². The van der Waals surface area contributed by atoms with Gasteiger partial charge in [-0.1, -0.05) is 35.3 Å². The first-order valence-corrected chi connectivity index (χ1v) is 11.2. The van der Waals surface area contributed by atoms with Gasteiger partial charge in [-0.25, -0.2) is 12.8 Å². The van der Waals surface area contributed by atoms with Crippen molar-refractivity contribution < 1.29 is 17.6 Å². The van der Waals surface area contributed by atoms with Crippen LogP contribution in [0.15, 0.2) is 47.4 Å². The fourth-order valence-corrected chi connectivity index (χ4v) is 4.89. The maximum atomic E-state index is 13.3. The smallest absolute Gasteiger partial charge is 0.243 e. The van der Waals surface area contributed by atoms with Gasteiger partial charge in [0.15, 0.2) is 0 Å². The molecule has 1 saturated heterocycles. The van der Waals surface area contributed by atoms with E-state index in [9.17, 15) is 17.6 Å². The molecule has 0 spiro atoms. The van der Waals surface area contributed by atoms with Gasteiger partial charge in [0, 0.05) is 39.1 Å². The Kier molecular flexibility index (Phi) is 7.13. The Morgan fingerprint density at radius 3 is 2.38 bits per heavy atom. The van der Waals surface area contributed by atoms with Crippen LogP contribution in [0.4, 0.5) is 10.1 Å². The fraction of sp³-hybridized carbons (Fsp3) is 0.316. The molecular weight excluding hydrogens is 440 g/mol. The summed E-state index contributed by atoms with van der Waals surface area (Å²) in [5.41, 5.74) is 0.563. The van der Waals surface area contributed by atoms with Crippen LogP contribution in [-0.2, 0) is 14.8 Å². The highest BCUT2D eigenvalue weighted by molar-refractivity contribution is 7.89. The molecule has 1 aliphatic rings. The van der Waals surface area contributed by atoms with Gasteiger partial charge in [0.25, 0.3) is 0 Å². The third-order valence-corrected chi connectivity index (χ3v) is 7.18. The largest absolute Gasteiger partial charge is 0.325 e. The van der Waals surface area contributed by atoms with Crippen molar-refractivity contribution in [3.8, 4) is 0 Å². The lowest BCUT2D eigenvalue weighted by atomic mass is 10.3. The number of amides is 1. The number of anilines is 1. The number of hydrogen-bond donors (Lipinski definition) is 1. The van der Waals surface area contributed by atoms with Crippen LogP contribution < -0.4 is 5.32 Å². The molecule has 0 saturated carbocycles. The number of nitrogens with one attached hydrogen (secondary N) is 1. The monoisotopic (exact) mass is 459 g/mol. The lowest BCUT2D eigenvalue weighted by Crippen LogP contribution is -2.49. The molecule has 0 aromatic heterocycles. The third kappa shape index (κ3) is 5.46. The Bertz CT molecular complexity index is 996. The highest BCUT2D eigenvalue weighted by atomic mass is 35.5. The van der Waals surface area contributed by atoms with Gasteiger partial charge in [-0.05, 0) is 30.3 Å². The second kappa shape index (κ2) is 9.40. The summed E-state index contributed by atoms with van der Waals surface area (Å²) < 4.78 is 40.1. The number of nitrogens with zero attached hydrogens (tertiary/aromatic N) is 2. The number of para-hydroxylation sites is 1. The number of rotatable bonds is 6. The van der Waals surface area contributed by atoms with E-state index in [0.29, 0.717) is 30.3 Å². The molecule has 6 nitrogen and oxygen atoms in total. The van der Waals surface area contributed by atoms with Crippen molar-refractivity contribution in [2.75, 3.05) is 38.0 Å². The topological polar surface area (TPSA) is 69.7 Å². The predicted molar refractivity (Wildman–Crippen MR) is 111 cm³/mol. The van der Waals surface area contributed by atoms with E-state index in [4.69, 9.17) is 23.2 Å². The number of benzene rings is 2. The molecule has 0 aliphatic carbocycles. The van der Waals surface area contributed by atoms with Crippen molar-refractivity contribution in [2.45, 2.75) is 11.3 Å². The molecule has 0 bridgehead atoms. The van der Waals surface area contributed by atoms with Crippen molar-refractivity contribution in [3.63, 3.8) is 0 Å². The minimum Gasteiger partial charge on any atom is -0.325 e. The molecule has 10 heteroatoms. The highest BCUT2D eigenvalue weighted by Crippen LogP contribution is 2.23. The number of sulfonamides is 1. The number of carbonyl (C=O) groups is 1. The zero-order chi connectivity index (χ0) is 21.0. The molecule has 29 heavy (non-hydrogen) atoms. The summed E-state index contributed by atoms with van der Waals surface area (Å²) in [6, 6.07) is 10.4. The molecule has 1 N–H and O–H groups in total. The van der Waals surface area contributed by atoms with Crippen LogP contribution >= 0.6 is 23.2 Å². The van der Waals surface area contributed by atoms with Gasteiger partial charge >= 0.3 is 0 Å². The van der Waals surface area contributed by atoms with Crippen LogP contribution in [0.25, 0.3) is 0 Å². The minimum absolute atomic E-state index is 0.0310. The van der Waals surface area contributed by atoms with Gasteiger partial charge in [-0.3, -0.25) is 4.79 Å². The van der Waals surface area contributed by atoms with E-state index in [1.807, 2.05) is 4.90 Å². The summed E-state index contributed by atoms with van der Waals surface area (Å²) in [7, 11) is -3.74. The second-order valence-electron chi connectivity index (χ2n) is 6.60. The molecule has 1 aliphatic heterocycles. The average Bonchev–Trinajstić information content (AvgIpc) is 2.70. The third-order valence-electron chi connectivity index (χ3n) is 4.66. The number of hydrogen-bond acceptors (Lipinski definition) is 4. The van der Waals surface area contributed by atoms with Crippen LogP contribution in [0.1, 0.15) is 6.42 Å². The van der Waals surface area contributed by atoms with Crippen LogP contribution in [0.2, 0.25) is 10.0 Å². The Balaban J connectivity index is 1.50. The zero-order valence-electron chi connectivity index (χ0n) is 15.4. The number of piperazine rings is 1. The SMILES string of the molecule is O=C(CCN1CCN(S(=O)(=O)c2ccc(F)c(Cl)c2)CC1)Nc1ccccc1Cl. The summed E-state index contributed by atoms with van der Waals surface area (Å²) in [5.74, 6) is -0.820. The Morgan fingerprint density at radius 2 is 1.72 bits per heavy atom. The van der Waals surface area contributed by atoms with Gasteiger partial charge in [-0.2, -0.15) is 4.31 Å². The van der Waals surface area contributed by atoms with Crippen LogP contribution in [-0.4, -0.2) is 56.3 Å². The summed E-state index contributed by atoms with van der Waals surface area (Å²) in [6.07, 6.45) is 0.269.